The highest BCUT2D eigenvalue weighted by atomic mass is 16.5. The maximum Gasteiger partial charge on any atom is 0.339 e. The Labute approximate surface area is 159 Å². The van der Waals surface area contributed by atoms with Crippen molar-refractivity contribution < 1.29 is 14.3 Å². The molecule has 0 aliphatic carbocycles. The molecular formula is C20H24N4O3. The Hall–Kier alpha value is -3.40. The molecule has 3 aromatic rings. The number of pyridine rings is 1. The summed E-state index contributed by atoms with van der Waals surface area (Å²) in [7, 11) is 2.90. The number of carbonyl (C=O) groups excluding carboxylic acids is 1. The molecule has 0 bridgehead atoms. The summed E-state index contributed by atoms with van der Waals surface area (Å²) in [6.07, 6.45) is 1.56. The van der Waals surface area contributed by atoms with Gasteiger partial charge in [-0.15, -0.1) is 0 Å². The second kappa shape index (κ2) is 9.92. The molecule has 2 heterocycles. The molecule has 7 heteroatoms. The maximum absolute atomic E-state index is 11.7. The molecule has 0 atom stereocenters. The molecule has 142 valence electrons. The molecule has 1 aromatic carbocycles. The monoisotopic (exact) mass is 368 g/mol. The number of esters is 1. The van der Waals surface area contributed by atoms with Gasteiger partial charge in [0.1, 0.15) is 17.1 Å². The predicted molar refractivity (Wildman–Crippen MR) is 104 cm³/mol. The van der Waals surface area contributed by atoms with Gasteiger partial charge in [-0.25, -0.2) is 14.8 Å². The number of nitrogens with zero attached hydrogens (tertiary/aromatic N) is 4. The molecule has 27 heavy (non-hydrogen) atoms. The summed E-state index contributed by atoms with van der Waals surface area (Å²) in [4.78, 5) is 20.4. The van der Waals surface area contributed by atoms with E-state index >= 15 is 0 Å². The summed E-state index contributed by atoms with van der Waals surface area (Å²) in [5, 5.41) is 9.06. The highest BCUT2D eigenvalue weighted by Crippen LogP contribution is 2.23. The molecule has 0 spiro atoms. The van der Waals surface area contributed by atoms with Gasteiger partial charge in [0.15, 0.2) is 5.65 Å². The lowest BCUT2D eigenvalue weighted by Gasteiger charge is -2.08. The summed E-state index contributed by atoms with van der Waals surface area (Å²) in [6, 6.07) is 11.1. The average molecular weight is 368 g/mol. The normalized spacial score (nSPS) is 9.44. The van der Waals surface area contributed by atoms with Crippen molar-refractivity contribution in [3.05, 3.63) is 47.9 Å². The highest BCUT2D eigenvalue weighted by molar-refractivity contribution is 5.92. The van der Waals surface area contributed by atoms with Gasteiger partial charge < -0.3 is 9.47 Å². The molecule has 7 nitrogen and oxygen atoms in total. The van der Waals surface area contributed by atoms with E-state index in [-0.39, 0.29) is 13.8 Å². The largest absolute Gasteiger partial charge is 0.497 e. The summed E-state index contributed by atoms with van der Waals surface area (Å²) < 4.78 is 11.7. The molecule has 0 aliphatic heterocycles. The second-order valence-corrected chi connectivity index (χ2v) is 4.95. The Balaban J connectivity index is 0.00000118. The Bertz CT molecular complexity index is 940. The van der Waals surface area contributed by atoms with Gasteiger partial charge in [0.2, 0.25) is 0 Å². The van der Waals surface area contributed by atoms with Crippen LogP contribution >= 0.6 is 0 Å². The molecule has 0 N–H and O–H groups in total. The summed E-state index contributed by atoms with van der Waals surface area (Å²) in [5.41, 5.74) is 2.21. The predicted octanol–water partition coefficient (Wildman–Crippen LogP) is 3.94. The first-order chi connectivity index (χ1) is 12.7. The van der Waals surface area contributed by atoms with Crippen molar-refractivity contribution in [2.45, 2.75) is 27.7 Å². The fourth-order valence-electron chi connectivity index (χ4n) is 2.43. The van der Waals surface area contributed by atoms with Crippen LogP contribution in [0.4, 0.5) is 0 Å². The maximum atomic E-state index is 11.7. The van der Waals surface area contributed by atoms with Crippen molar-refractivity contribution in [1.29, 1.82) is 5.26 Å². The SMILES string of the molecule is C.CC.COC(=O)c1cnc2c(c1)nc(CC#N)n2-c1ccc(OC)cc1. The number of benzene rings is 1. The number of ether oxygens (including phenoxy) is 2. The van der Waals surface area contributed by atoms with E-state index in [2.05, 4.69) is 16.0 Å². The minimum Gasteiger partial charge on any atom is -0.497 e. The molecule has 3 rings (SSSR count). The summed E-state index contributed by atoms with van der Waals surface area (Å²) in [6.45, 7) is 4.00. The number of fused-ring (bicyclic) bond motifs is 1. The topological polar surface area (TPSA) is 90.0 Å². The number of hydrogen-bond acceptors (Lipinski definition) is 6. The standard InChI is InChI=1S/C17H14N4O3.C2H6.CH4/c1-23-13-5-3-12(4-6-13)21-15(7-8-18)20-14-9-11(17(22)24-2)10-19-16(14)21;1-2;/h3-6,9-10H,7H2,1-2H3;1-2H3;1H4. The lowest BCUT2D eigenvalue weighted by Crippen LogP contribution is -2.03. The lowest BCUT2D eigenvalue weighted by molar-refractivity contribution is 0.0600. The Morgan fingerprint density at radius 2 is 1.89 bits per heavy atom. The van der Waals surface area contributed by atoms with Gasteiger partial charge in [-0.3, -0.25) is 4.57 Å². The van der Waals surface area contributed by atoms with Gasteiger partial charge in [-0.1, -0.05) is 21.3 Å². The minimum absolute atomic E-state index is 0. The number of rotatable bonds is 4. The van der Waals surface area contributed by atoms with Crippen LogP contribution < -0.4 is 4.74 Å². The fourth-order valence-corrected chi connectivity index (χ4v) is 2.43. The van der Waals surface area contributed by atoms with Crippen LogP contribution in [-0.4, -0.2) is 34.7 Å². The highest BCUT2D eigenvalue weighted by Gasteiger charge is 2.16. The van der Waals surface area contributed by atoms with E-state index in [9.17, 15) is 4.79 Å². The second-order valence-electron chi connectivity index (χ2n) is 4.95. The number of carbonyl (C=O) groups is 1. The van der Waals surface area contributed by atoms with Crippen LogP contribution in [0.1, 0.15) is 37.5 Å². The first-order valence-electron chi connectivity index (χ1n) is 8.15. The zero-order valence-electron chi connectivity index (χ0n) is 15.2. The van der Waals surface area contributed by atoms with Crippen molar-refractivity contribution >= 4 is 17.1 Å². The van der Waals surface area contributed by atoms with Crippen LogP contribution in [0.25, 0.3) is 16.9 Å². The number of methoxy groups -OCH3 is 2. The van der Waals surface area contributed by atoms with E-state index < -0.39 is 5.97 Å². The van der Waals surface area contributed by atoms with E-state index in [1.165, 1.54) is 13.3 Å². The van der Waals surface area contributed by atoms with Gasteiger partial charge in [0.25, 0.3) is 0 Å². The summed E-state index contributed by atoms with van der Waals surface area (Å²) >= 11 is 0. The molecule has 0 saturated heterocycles. The summed E-state index contributed by atoms with van der Waals surface area (Å²) in [5.74, 6) is 0.795. The number of hydrogen-bond donors (Lipinski definition) is 0. The number of imidazole rings is 1. The van der Waals surface area contributed by atoms with E-state index in [1.54, 1.807) is 17.7 Å². The van der Waals surface area contributed by atoms with E-state index in [0.29, 0.717) is 22.6 Å². The van der Waals surface area contributed by atoms with Crippen LogP contribution in [0.2, 0.25) is 0 Å². The molecule has 2 aromatic heterocycles. The minimum atomic E-state index is -0.481. The average Bonchev–Trinajstić information content (AvgIpc) is 3.06. The van der Waals surface area contributed by atoms with Crippen LogP contribution in [-0.2, 0) is 11.2 Å². The smallest absolute Gasteiger partial charge is 0.339 e. The number of nitriles is 1. The van der Waals surface area contributed by atoms with E-state index in [0.717, 1.165) is 11.4 Å². The zero-order valence-corrected chi connectivity index (χ0v) is 15.2. The molecule has 0 unspecified atom stereocenters. The van der Waals surface area contributed by atoms with Gasteiger partial charge in [-0.2, -0.15) is 5.26 Å². The van der Waals surface area contributed by atoms with Gasteiger partial charge in [0.05, 0.1) is 32.3 Å². The first-order valence-corrected chi connectivity index (χ1v) is 8.15. The lowest BCUT2D eigenvalue weighted by atomic mass is 10.2. The zero-order chi connectivity index (χ0) is 19.1. The van der Waals surface area contributed by atoms with E-state index in [1.807, 2.05) is 38.1 Å². The van der Waals surface area contributed by atoms with Crippen LogP contribution in [0.15, 0.2) is 36.5 Å². The fraction of sp³-hybridized carbons (Fsp3) is 0.300. The van der Waals surface area contributed by atoms with Crippen molar-refractivity contribution in [2.75, 3.05) is 14.2 Å². The van der Waals surface area contributed by atoms with Crippen LogP contribution in [0, 0.1) is 11.3 Å². The Morgan fingerprint density at radius 1 is 1.22 bits per heavy atom. The van der Waals surface area contributed by atoms with Crippen molar-refractivity contribution in [3.8, 4) is 17.5 Å². The molecule has 0 radical (unpaired) electrons. The van der Waals surface area contributed by atoms with Crippen molar-refractivity contribution in [1.82, 2.24) is 14.5 Å². The third-order valence-electron chi connectivity index (χ3n) is 3.56. The molecule has 0 saturated carbocycles. The number of aromatic nitrogens is 3. The third kappa shape index (κ3) is 4.42. The van der Waals surface area contributed by atoms with Gasteiger partial charge in [0, 0.05) is 11.9 Å². The van der Waals surface area contributed by atoms with E-state index in [4.69, 9.17) is 14.7 Å². The van der Waals surface area contributed by atoms with Gasteiger partial charge in [-0.05, 0) is 30.3 Å². The molecular weight excluding hydrogens is 344 g/mol. The molecule has 0 fully saturated rings. The van der Waals surface area contributed by atoms with Crippen molar-refractivity contribution in [2.24, 2.45) is 0 Å². The quantitative estimate of drug-likeness (QED) is 0.648. The Morgan fingerprint density at radius 3 is 2.44 bits per heavy atom. The molecule has 0 aliphatic rings. The third-order valence-corrected chi connectivity index (χ3v) is 3.56. The first kappa shape index (κ1) is 21.6. The molecule has 0 amide bonds. The van der Waals surface area contributed by atoms with Gasteiger partial charge >= 0.3 is 5.97 Å². The Kier molecular flexibility index (Phi) is 7.95. The van der Waals surface area contributed by atoms with Crippen LogP contribution in [0.3, 0.4) is 0 Å². The van der Waals surface area contributed by atoms with Crippen molar-refractivity contribution in [3.63, 3.8) is 0 Å². The van der Waals surface area contributed by atoms with Crippen LogP contribution in [0.5, 0.6) is 5.75 Å².